The van der Waals surface area contributed by atoms with E-state index in [0.29, 0.717) is 18.4 Å². The van der Waals surface area contributed by atoms with Crippen LogP contribution in [0.1, 0.15) is 36.0 Å². The Balaban J connectivity index is 1.61. The van der Waals surface area contributed by atoms with E-state index in [4.69, 9.17) is 4.74 Å². The summed E-state index contributed by atoms with van der Waals surface area (Å²) in [4.78, 5) is 49.1. The lowest BCUT2D eigenvalue weighted by atomic mass is 9.81. The zero-order valence-corrected chi connectivity index (χ0v) is 13.9. The Bertz CT molecular complexity index is 687. The van der Waals surface area contributed by atoms with Crippen LogP contribution in [0.25, 0.3) is 0 Å². The summed E-state index contributed by atoms with van der Waals surface area (Å²) in [5.74, 6) is -2.06. The molecule has 1 heterocycles. The maximum absolute atomic E-state index is 12.3. The first kappa shape index (κ1) is 17.1. The number of methoxy groups -OCH3 is 1. The second-order valence-electron chi connectivity index (χ2n) is 6.25. The summed E-state index contributed by atoms with van der Waals surface area (Å²) in [5.41, 5.74) is 0.330. The third-order valence-electron chi connectivity index (χ3n) is 4.73. The van der Waals surface area contributed by atoms with E-state index < -0.39 is 11.9 Å². The van der Waals surface area contributed by atoms with Gasteiger partial charge in [-0.1, -0.05) is 12.8 Å². The van der Waals surface area contributed by atoms with E-state index in [0.717, 1.165) is 17.7 Å². The predicted octanol–water partition coefficient (Wildman–Crippen LogP) is 1.55. The average Bonchev–Trinajstić information content (AvgIpc) is 2.87. The summed E-state index contributed by atoms with van der Waals surface area (Å²) in [6, 6.07) is 5.85. The molecule has 2 fully saturated rings. The molecule has 0 unspecified atom stereocenters. The van der Waals surface area contributed by atoms with Gasteiger partial charge >= 0.3 is 11.9 Å². The zero-order valence-electron chi connectivity index (χ0n) is 13.9. The Hall–Kier alpha value is -2.70. The summed E-state index contributed by atoms with van der Waals surface area (Å²) < 4.78 is 9.75. The molecule has 0 aromatic heterocycles. The molecule has 3 rings (SSSR count). The molecule has 2 atom stereocenters. The number of benzene rings is 1. The molecule has 7 nitrogen and oxygen atoms in total. The summed E-state index contributed by atoms with van der Waals surface area (Å²) >= 11 is 0. The van der Waals surface area contributed by atoms with Gasteiger partial charge in [0.15, 0.2) is 0 Å². The Morgan fingerprint density at radius 3 is 2.12 bits per heavy atom. The van der Waals surface area contributed by atoms with Crippen molar-refractivity contribution in [1.82, 2.24) is 4.90 Å². The third kappa shape index (κ3) is 3.40. The summed E-state index contributed by atoms with van der Waals surface area (Å²) in [6.07, 6.45) is 3.28. The molecule has 2 aliphatic rings. The minimum atomic E-state index is -0.689. The molecule has 0 bridgehead atoms. The molecule has 0 spiro atoms. The molecule has 132 valence electrons. The van der Waals surface area contributed by atoms with Gasteiger partial charge in [-0.15, -0.1) is 0 Å². The van der Waals surface area contributed by atoms with Crippen molar-refractivity contribution in [2.45, 2.75) is 25.7 Å². The molecule has 1 aromatic carbocycles. The highest BCUT2D eigenvalue weighted by atomic mass is 16.5. The molecular formula is C18H19NO6. The van der Waals surface area contributed by atoms with Crippen LogP contribution in [0, 0.1) is 11.8 Å². The number of likely N-dealkylation sites (tertiary alicyclic amines) is 1. The normalized spacial score (nSPS) is 22.5. The SMILES string of the molecule is COC(=O)c1ccc(OC(=O)CN2C(=O)[C@@H]3CCCC[C@H]3C2=O)cc1. The van der Waals surface area contributed by atoms with Crippen LogP contribution in [0.3, 0.4) is 0 Å². The molecule has 1 aliphatic carbocycles. The van der Waals surface area contributed by atoms with E-state index in [-0.39, 0.29) is 35.9 Å². The topological polar surface area (TPSA) is 90.0 Å². The first-order valence-corrected chi connectivity index (χ1v) is 8.25. The number of rotatable bonds is 4. The quantitative estimate of drug-likeness (QED) is 0.467. The van der Waals surface area contributed by atoms with E-state index in [2.05, 4.69) is 4.74 Å². The summed E-state index contributed by atoms with van der Waals surface area (Å²) in [5, 5.41) is 0. The van der Waals surface area contributed by atoms with Gasteiger partial charge < -0.3 is 9.47 Å². The molecule has 1 aromatic rings. The van der Waals surface area contributed by atoms with Crippen molar-refractivity contribution in [3.63, 3.8) is 0 Å². The highest BCUT2D eigenvalue weighted by molar-refractivity contribution is 6.07. The average molecular weight is 345 g/mol. The van der Waals surface area contributed by atoms with E-state index in [9.17, 15) is 19.2 Å². The number of nitrogens with zero attached hydrogens (tertiary/aromatic N) is 1. The van der Waals surface area contributed by atoms with Crippen LogP contribution in [0.5, 0.6) is 5.75 Å². The number of ether oxygens (including phenoxy) is 2. The molecular weight excluding hydrogens is 326 g/mol. The number of hydrogen-bond acceptors (Lipinski definition) is 6. The lowest BCUT2D eigenvalue weighted by Crippen LogP contribution is -2.37. The number of imide groups is 1. The van der Waals surface area contributed by atoms with Crippen molar-refractivity contribution in [3.8, 4) is 5.75 Å². The fourth-order valence-electron chi connectivity index (χ4n) is 3.46. The van der Waals surface area contributed by atoms with Crippen molar-refractivity contribution in [2.24, 2.45) is 11.8 Å². The van der Waals surface area contributed by atoms with Crippen LogP contribution >= 0.6 is 0 Å². The monoisotopic (exact) mass is 345 g/mol. The first-order valence-electron chi connectivity index (χ1n) is 8.25. The number of esters is 2. The van der Waals surface area contributed by atoms with E-state index in [1.165, 1.54) is 31.4 Å². The van der Waals surface area contributed by atoms with Gasteiger partial charge in [0.25, 0.3) is 0 Å². The van der Waals surface area contributed by atoms with Crippen molar-refractivity contribution >= 4 is 23.8 Å². The number of amides is 2. The van der Waals surface area contributed by atoms with Gasteiger partial charge in [-0.3, -0.25) is 14.5 Å². The van der Waals surface area contributed by atoms with Crippen LogP contribution in [0.2, 0.25) is 0 Å². The molecule has 1 saturated heterocycles. The number of hydrogen-bond donors (Lipinski definition) is 0. The smallest absolute Gasteiger partial charge is 0.337 e. The molecule has 7 heteroatoms. The lowest BCUT2D eigenvalue weighted by Gasteiger charge is -2.19. The van der Waals surface area contributed by atoms with Gasteiger partial charge in [0.05, 0.1) is 24.5 Å². The second-order valence-corrected chi connectivity index (χ2v) is 6.25. The van der Waals surface area contributed by atoms with Gasteiger partial charge in [-0.2, -0.15) is 0 Å². The fraction of sp³-hybridized carbons (Fsp3) is 0.444. The molecule has 1 saturated carbocycles. The van der Waals surface area contributed by atoms with Crippen LogP contribution < -0.4 is 4.74 Å². The lowest BCUT2D eigenvalue weighted by molar-refractivity contribution is -0.148. The summed E-state index contributed by atoms with van der Waals surface area (Å²) in [6.45, 7) is -0.385. The second kappa shape index (κ2) is 7.04. The number of fused-ring (bicyclic) bond motifs is 1. The molecule has 25 heavy (non-hydrogen) atoms. The Labute approximate surface area is 144 Å². The van der Waals surface area contributed by atoms with Crippen LogP contribution in [-0.2, 0) is 19.1 Å². The Kier molecular flexibility index (Phi) is 4.83. The molecule has 1 aliphatic heterocycles. The molecule has 0 radical (unpaired) electrons. The minimum absolute atomic E-state index is 0.231. The Morgan fingerprint density at radius 2 is 1.60 bits per heavy atom. The van der Waals surface area contributed by atoms with Gasteiger partial charge in [-0.05, 0) is 37.1 Å². The number of carbonyl (C=O) groups is 4. The highest BCUT2D eigenvalue weighted by Gasteiger charge is 2.48. The van der Waals surface area contributed by atoms with Crippen molar-refractivity contribution in [1.29, 1.82) is 0 Å². The van der Waals surface area contributed by atoms with Gasteiger partial charge in [0.2, 0.25) is 11.8 Å². The zero-order chi connectivity index (χ0) is 18.0. The van der Waals surface area contributed by atoms with Gasteiger partial charge in [0, 0.05) is 0 Å². The van der Waals surface area contributed by atoms with Crippen molar-refractivity contribution < 1.29 is 28.7 Å². The highest BCUT2D eigenvalue weighted by Crippen LogP contribution is 2.37. The standard InChI is InChI=1S/C18H19NO6/c1-24-18(23)11-6-8-12(9-7-11)25-15(20)10-19-16(21)13-4-2-3-5-14(13)17(19)22/h6-9,13-14H,2-5,10H2,1H3/t13-,14-/m1/s1. The largest absolute Gasteiger partial charge is 0.465 e. The third-order valence-corrected chi connectivity index (χ3v) is 4.73. The Morgan fingerprint density at radius 1 is 1.04 bits per heavy atom. The van der Waals surface area contributed by atoms with E-state index >= 15 is 0 Å². The van der Waals surface area contributed by atoms with Crippen molar-refractivity contribution in [2.75, 3.05) is 13.7 Å². The van der Waals surface area contributed by atoms with Crippen molar-refractivity contribution in [3.05, 3.63) is 29.8 Å². The maximum Gasteiger partial charge on any atom is 0.337 e. The van der Waals surface area contributed by atoms with Gasteiger partial charge in [0.1, 0.15) is 12.3 Å². The maximum atomic E-state index is 12.3. The van der Waals surface area contributed by atoms with Gasteiger partial charge in [-0.25, -0.2) is 9.59 Å². The van der Waals surface area contributed by atoms with Crippen LogP contribution in [0.4, 0.5) is 0 Å². The predicted molar refractivity (Wildman–Crippen MR) is 85.6 cm³/mol. The number of carbonyl (C=O) groups excluding carboxylic acids is 4. The van der Waals surface area contributed by atoms with Crippen LogP contribution in [0.15, 0.2) is 24.3 Å². The summed E-state index contributed by atoms with van der Waals surface area (Å²) in [7, 11) is 1.28. The van der Waals surface area contributed by atoms with E-state index in [1.54, 1.807) is 0 Å². The molecule has 2 amide bonds. The van der Waals surface area contributed by atoms with E-state index in [1.807, 2.05) is 0 Å². The molecule has 0 N–H and O–H groups in total. The minimum Gasteiger partial charge on any atom is -0.465 e. The van der Waals surface area contributed by atoms with Crippen LogP contribution in [-0.4, -0.2) is 42.3 Å². The first-order chi connectivity index (χ1) is 12.0. The fourth-order valence-corrected chi connectivity index (χ4v) is 3.46.